The minimum Gasteiger partial charge on any atom is -0.479 e. The summed E-state index contributed by atoms with van der Waals surface area (Å²) in [7, 11) is 0. The Balaban J connectivity index is 2.84. The van der Waals surface area contributed by atoms with Crippen LogP contribution in [0.1, 0.15) is 0 Å². The lowest BCUT2D eigenvalue weighted by Gasteiger charge is -2.05. The van der Waals surface area contributed by atoms with Gasteiger partial charge in [0, 0.05) is 17.8 Å². The molecule has 0 unspecified atom stereocenters. The zero-order chi connectivity index (χ0) is 10.4. The molecule has 0 aliphatic heterocycles. The Morgan fingerprint density at radius 1 is 1.57 bits per heavy atom. The number of nitrogens with two attached hydrogens (primary N) is 1. The van der Waals surface area contributed by atoms with Gasteiger partial charge in [-0.3, -0.25) is 5.43 Å². The Hall–Kier alpha value is -2.29. The number of rotatable bonds is 4. The molecule has 1 aromatic rings. The Morgan fingerprint density at radius 2 is 2.36 bits per heavy atom. The fraction of sp³-hybridized carbons (Fsp3) is 0.125. The van der Waals surface area contributed by atoms with E-state index in [-0.39, 0.29) is 6.61 Å². The molecule has 6 nitrogen and oxygen atoms in total. The summed E-state index contributed by atoms with van der Waals surface area (Å²) in [6.07, 6.45) is 0. The van der Waals surface area contributed by atoms with E-state index in [1.807, 2.05) is 6.07 Å². The molecule has 0 radical (unpaired) electrons. The van der Waals surface area contributed by atoms with E-state index >= 15 is 0 Å². The van der Waals surface area contributed by atoms with Gasteiger partial charge < -0.3 is 10.5 Å². The van der Waals surface area contributed by atoms with Crippen LogP contribution in [0.4, 0.5) is 11.4 Å². The van der Waals surface area contributed by atoms with Crippen LogP contribution in [0.15, 0.2) is 23.4 Å². The lowest BCUT2D eigenvalue weighted by Crippen LogP contribution is -1.96. The van der Waals surface area contributed by atoms with Crippen molar-refractivity contribution in [1.29, 1.82) is 10.8 Å². The first-order valence-corrected chi connectivity index (χ1v) is 3.79. The highest BCUT2D eigenvalue weighted by molar-refractivity contribution is 5.58. The molecule has 0 aliphatic carbocycles. The third-order valence-corrected chi connectivity index (χ3v) is 1.42. The van der Waals surface area contributed by atoms with Gasteiger partial charge in [0.05, 0.1) is 5.69 Å². The van der Waals surface area contributed by atoms with E-state index in [0.717, 1.165) is 0 Å². The summed E-state index contributed by atoms with van der Waals surface area (Å²) in [5.41, 5.74) is 15.6. The molecule has 0 amide bonds. The van der Waals surface area contributed by atoms with Crippen molar-refractivity contribution in [3.8, 4) is 11.8 Å². The van der Waals surface area contributed by atoms with E-state index in [9.17, 15) is 0 Å². The average Bonchev–Trinajstić information content (AvgIpc) is 2.14. The summed E-state index contributed by atoms with van der Waals surface area (Å²) < 4.78 is 5.04. The zero-order valence-electron chi connectivity index (χ0n) is 7.32. The van der Waals surface area contributed by atoms with Crippen molar-refractivity contribution < 1.29 is 4.74 Å². The van der Waals surface area contributed by atoms with Crippen molar-refractivity contribution in [2.75, 3.05) is 17.8 Å². The normalized spacial score (nSPS) is 8.79. The number of anilines is 2. The van der Waals surface area contributed by atoms with Gasteiger partial charge in [0.2, 0.25) is 0 Å². The monoisotopic (exact) mass is 191 g/mol. The fourth-order valence-corrected chi connectivity index (χ4v) is 0.950. The first-order chi connectivity index (χ1) is 6.76. The maximum Gasteiger partial charge on any atom is 0.174 e. The Labute approximate surface area is 80.8 Å². The Kier molecular flexibility index (Phi) is 3.27. The topological polar surface area (TPSA) is 107 Å². The number of ether oxygens (including phenoxy) is 1. The maximum atomic E-state index is 8.30. The van der Waals surface area contributed by atoms with E-state index in [0.29, 0.717) is 17.1 Å². The molecular weight excluding hydrogens is 182 g/mol. The van der Waals surface area contributed by atoms with Gasteiger partial charge in [-0.1, -0.05) is 5.22 Å². The second-order valence-electron chi connectivity index (χ2n) is 2.46. The van der Waals surface area contributed by atoms with Gasteiger partial charge in [-0.05, 0) is 6.07 Å². The van der Waals surface area contributed by atoms with Crippen LogP contribution in [0.5, 0.6) is 5.75 Å². The third kappa shape index (κ3) is 2.64. The molecule has 0 bridgehead atoms. The zero-order valence-corrected chi connectivity index (χ0v) is 7.32. The van der Waals surface area contributed by atoms with Crippen LogP contribution in [0.3, 0.4) is 0 Å². The SMILES string of the molecule is N#CCOc1cc(N)cc(NN=N)c1. The van der Waals surface area contributed by atoms with Gasteiger partial charge in [-0.15, -0.1) is 0 Å². The molecule has 0 saturated carbocycles. The van der Waals surface area contributed by atoms with Gasteiger partial charge >= 0.3 is 0 Å². The molecule has 1 aromatic carbocycles. The van der Waals surface area contributed by atoms with Crippen molar-refractivity contribution in [1.82, 2.24) is 0 Å². The molecule has 0 fully saturated rings. The number of nitrogens with zero attached hydrogens (tertiary/aromatic N) is 2. The largest absolute Gasteiger partial charge is 0.479 e. The summed E-state index contributed by atoms with van der Waals surface area (Å²) in [6.45, 7) is -0.0408. The van der Waals surface area contributed by atoms with Crippen LogP contribution >= 0.6 is 0 Å². The molecule has 0 heterocycles. The van der Waals surface area contributed by atoms with E-state index in [2.05, 4.69) is 10.6 Å². The van der Waals surface area contributed by atoms with E-state index in [1.54, 1.807) is 18.2 Å². The van der Waals surface area contributed by atoms with Crippen LogP contribution in [0, 0.1) is 16.9 Å². The summed E-state index contributed by atoms with van der Waals surface area (Å²) >= 11 is 0. The lowest BCUT2D eigenvalue weighted by atomic mass is 10.2. The molecule has 0 atom stereocenters. The maximum absolute atomic E-state index is 8.30. The van der Waals surface area contributed by atoms with Gasteiger partial charge in [-0.25, -0.2) is 0 Å². The molecule has 72 valence electrons. The molecular formula is C8H9N5O. The van der Waals surface area contributed by atoms with Crippen molar-refractivity contribution in [3.63, 3.8) is 0 Å². The second-order valence-corrected chi connectivity index (χ2v) is 2.46. The highest BCUT2D eigenvalue weighted by atomic mass is 16.5. The highest BCUT2D eigenvalue weighted by Crippen LogP contribution is 2.22. The van der Waals surface area contributed by atoms with Crippen molar-refractivity contribution in [3.05, 3.63) is 18.2 Å². The standard InChI is InChI=1S/C8H9N5O/c9-1-2-14-8-4-6(10)3-7(5-8)12-13-11/h3-5H,2,10H2,(H2,11,12). The highest BCUT2D eigenvalue weighted by Gasteiger charge is 1.98. The number of benzene rings is 1. The molecule has 0 aliphatic rings. The molecule has 1 rings (SSSR count). The number of hydrogen-bond donors (Lipinski definition) is 3. The Bertz CT molecular complexity index is 370. The molecule has 0 saturated heterocycles. The van der Waals surface area contributed by atoms with E-state index < -0.39 is 0 Å². The van der Waals surface area contributed by atoms with Crippen LogP contribution < -0.4 is 15.9 Å². The first-order valence-electron chi connectivity index (χ1n) is 3.79. The second kappa shape index (κ2) is 4.67. The smallest absolute Gasteiger partial charge is 0.174 e. The third-order valence-electron chi connectivity index (χ3n) is 1.42. The van der Waals surface area contributed by atoms with Crippen molar-refractivity contribution >= 4 is 11.4 Å². The molecule has 6 heteroatoms. The summed E-state index contributed by atoms with van der Waals surface area (Å²) in [4.78, 5) is 0. The minimum absolute atomic E-state index is 0.0408. The molecule has 0 aromatic heterocycles. The number of nitrogen functional groups attached to an aromatic ring is 1. The van der Waals surface area contributed by atoms with E-state index in [4.69, 9.17) is 21.3 Å². The van der Waals surface area contributed by atoms with Crippen LogP contribution in [0.2, 0.25) is 0 Å². The summed E-state index contributed by atoms with van der Waals surface area (Å²) in [6, 6.07) is 6.64. The van der Waals surface area contributed by atoms with Crippen molar-refractivity contribution in [2.24, 2.45) is 5.22 Å². The molecule has 0 spiro atoms. The lowest BCUT2D eigenvalue weighted by molar-refractivity contribution is 0.368. The first kappa shape index (κ1) is 9.80. The minimum atomic E-state index is -0.0408. The quantitative estimate of drug-likeness (QED) is 0.381. The van der Waals surface area contributed by atoms with Gasteiger partial charge in [0.15, 0.2) is 6.61 Å². The van der Waals surface area contributed by atoms with Gasteiger partial charge in [0.1, 0.15) is 11.8 Å². The number of nitriles is 1. The predicted molar refractivity (Wildman–Crippen MR) is 50.7 cm³/mol. The van der Waals surface area contributed by atoms with Gasteiger partial charge in [-0.2, -0.15) is 10.8 Å². The predicted octanol–water partition coefficient (Wildman–Crippen LogP) is 1.53. The fourth-order valence-electron chi connectivity index (χ4n) is 0.950. The molecule has 4 N–H and O–H groups in total. The molecule has 14 heavy (non-hydrogen) atoms. The number of hydrogen-bond acceptors (Lipinski definition) is 5. The van der Waals surface area contributed by atoms with E-state index in [1.165, 1.54) is 0 Å². The average molecular weight is 191 g/mol. The van der Waals surface area contributed by atoms with Crippen LogP contribution in [-0.2, 0) is 0 Å². The van der Waals surface area contributed by atoms with Gasteiger partial charge in [0.25, 0.3) is 0 Å². The summed E-state index contributed by atoms with van der Waals surface area (Å²) in [5.74, 6) is 0.470. The van der Waals surface area contributed by atoms with Crippen LogP contribution in [-0.4, -0.2) is 6.61 Å². The van der Waals surface area contributed by atoms with Crippen molar-refractivity contribution in [2.45, 2.75) is 0 Å². The van der Waals surface area contributed by atoms with Crippen LogP contribution in [0.25, 0.3) is 0 Å². The number of nitrogens with one attached hydrogen (secondary N) is 2. The Morgan fingerprint density at radius 3 is 3.00 bits per heavy atom. The summed E-state index contributed by atoms with van der Waals surface area (Å²) in [5, 5.41) is 11.3.